The number of rotatable bonds is 9. The van der Waals surface area contributed by atoms with Crippen LogP contribution in [0.4, 0.5) is 0 Å². The van der Waals surface area contributed by atoms with Gasteiger partial charge in [0.05, 0.1) is 25.8 Å². The van der Waals surface area contributed by atoms with Crippen molar-refractivity contribution in [2.75, 3.05) is 59.0 Å². The Bertz CT molecular complexity index is 641. The van der Waals surface area contributed by atoms with Crippen LogP contribution >= 0.6 is 0 Å². The number of hydrogen-bond acceptors (Lipinski definition) is 5. The number of aliphatic imine (C=N–C) groups is 1. The zero-order valence-corrected chi connectivity index (χ0v) is 19.2. The molecule has 170 valence electrons. The molecule has 2 N–H and O–H groups in total. The molecule has 0 saturated carbocycles. The highest BCUT2D eigenvalue weighted by Gasteiger charge is 2.25. The second-order valence-corrected chi connectivity index (χ2v) is 8.49. The van der Waals surface area contributed by atoms with Gasteiger partial charge in [0.15, 0.2) is 5.96 Å². The van der Waals surface area contributed by atoms with E-state index in [-0.39, 0.29) is 6.04 Å². The van der Waals surface area contributed by atoms with Crippen molar-refractivity contribution in [3.63, 3.8) is 0 Å². The molecule has 3 rings (SSSR count). The van der Waals surface area contributed by atoms with Crippen molar-refractivity contribution in [3.8, 4) is 0 Å². The third-order valence-electron chi connectivity index (χ3n) is 6.20. The third-order valence-corrected chi connectivity index (χ3v) is 6.20. The highest BCUT2D eigenvalue weighted by molar-refractivity contribution is 5.79. The molecule has 2 unspecified atom stereocenters. The fourth-order valence-corrected chi connectivity index (χ4v) is 4.41. The molecule has 0 bridgehead atoms. The van der Waals surface area contributed by atoms with Gasteiger partial charge >= 0.3 is 0 Å². The first kappa shape index (κ1) is 23.1. The van der Waals surface area contributed by atoms with Crippen molar-refractivity contribution in [3.05, 3.63) is 23.7 Å². The van der Waals surface area contributed by atoms with Crippen molar-refractivity contribution in [1.29, 1.82) is 0 Å². The van der Waals surface area contributed by atoms with Crippen LogP contribution in [0.2, 0.25) is 0 Å². The summed E-state index contributed by atoms with van der Waals surface area (Å²) < 4.78 is 11.5. The molecular weight excluding hydrogens is 378 g/mol. The number of furan rings is 1. The number of nitrogens with one attached hydrogen (secondary N) is 2. The van der Waals surface area contributed by atoms with Crippen LogP contribution < -0.4 is 10.6 Å². The zero-order valence-electron chi connectivity index (χ0n) is 19.2. The molecule has 3 heterocycles. The van der Waals surface area contributed by atoms with Crippen LogP contribution in [-0.2, 0) is 4.74 Å². The predicted molar refractivity (Wildman–Crippen MR) is 122 cm³/mol. The lowest BCUT2D eigenvalue weighted by atomic mass is 10.0. The number of ether oxygens (including phenoxy) is 1. The summed E-state index contributed by atoms with van der Waals surface area (Å²) in [5.41, 5.74) is 0. The van der Waals surface area contributed by atoms with Crippen LogP contribution in [0.15, 0.2) is 21.5 Å². The SMILES string of the molecule is CCNC(=NCC(c1ccc(C)o1)N1CCOCC1)NCCCN1CCCCC1C. The summed E-state index contributed by atoms with van der Waals surface area (Å²) in [7, 11) is 0. The van der Waals surface area contributed by atoms with E-state index >= 15 is 0 Å². The lowest BCUT2D eigenvalue weighted by Crippen LogP contribution is -2.42. The van der Waals surface area contributed by atoms with E-state index in [2.05, 4.69) is 40.3 Å². The number of piperidine rings is 1. The molecular formula is C23H41N5O2. The molecule has 30 heavy (non-hydrogen) atoms. The number of aryl methyl sites for hydroxylation is 1. The Hall–Kier alpha value is -1.57. The van der Waals surface area contributed by atoms with E-state index in [9.17, 15) is 0 Å². The van der Waals surface area contributed by atoms with Gasteiger partial charge in [-0.15, -0.1) is 0 Å². The Labute approximate surface area is 182 Å². The van der Waals surface area contributed by atoms with Crippen LogP contribution in [0, 0.1) is 6.92 Å². The Morgan fingerprint density at radius 3 is 2.73 bits per heavy atom. The van der Waals surface area contributed by atoms with Gasteiger partial charge in [0.1, 0.15) is 11.5 Å². The van der Waals surface area contributed by atoms with E-state index in [0.29, 0.717) is 6.54 Å². The number of morpholine rings is 1. The average molecular weight is 420 g/mol. The molecule has 2 aliphatic rings. The minimum Gasteiger partial charge on any atom is -0.465 e. The maximum atomic E-state index is 5.97. The van der Waals surface area contributed by atoms with Crippen molar-refractivity contribution < 1.29 is 9.15 Å². The first-order valence-corrected chi connectivity index (χ1v) is 11.8. The first-order valence-electron chi connectivity index (χ1n) is 11.8. The standard InChI is InChI=1S/C23H41N5O2/c1-4-24-23(25-11-7-13-27-12-6-5-8-19(27)2)26-18-21(22-10-9-20(3)30-22)28-14-16-29-17-15-28/h9-10,19,21H,4-8,11-18H2,1-3H3,(H2,24,25,26). The van der Waals surface area contributed by atoms with Gasteiger partial charge in [-0.25, -0.2) is 0 Å². The maximum absolute atomic E-state index is 5.97. The molecule has 0 amide bonds. The third kappa shape index (κ3) is 7.00. The molecule has 1 aromatic heterocycles. The highest BCUT2D eigenvalue weighted by Crippen LogP contribution is 2.24. The maximum Gasteiger partial charge on any atom is 0.191 e. The zero-order chi connectivity index (χ0) is 21.2. The van der Waals surface area contributed by atoms with Gasteiger partial charge in [-0.05, 0) is 58.7 Å². The molecule has 2 aliphatic heterocycles. The van der Waals surface area contributed by atoms with Gasteiger partial charge in [-0.2, -0.15) is 0 Å². The Kier molecular flexibility index (Phi) is 9.49. The molecule has 7 nitrogen and oxygen atoms in total. The second kappa shape index (κ2) is 12.3. The number of likely N-dealkylation sites (tertiary alicyclic amines) is 1. The molecule has 2 saturated heterocycles. The molecule has 2 atom stereocenters. The first-order chi connectivity index (χ1) is 14.7. The monoisotopic (exact) mass is 419 g/mol. The number of nitrogens with zero attached hydrogens (tertiary/aromatic N) is 3. The minimum absolute atomic E-state index is 0.146. The van der Waals surface area contributed by atoms with Crippen molar-refractivity contribution >= 4 is 5.96 Å². The second-order valence-electron chi connectivity index (χ2n) is 8.49. The molecule has 0 radical (unpaired) electrons. The van der Waals surface area contributed by atoms with Crippen molar-refractivity contribution in [1.82, 2.24) is 20.4 Å². The summed E-state index contributed by atoms with van der Waals surface area (Å²) >= 11 is 0. The van der Waals surface area contributed by atoms with E-state index in [4.69, 9.17) is 14.1 Å². The van der Waals surface area contributed by atoms with E-state index in [1.165, 1.54) is 25.8 Å². The Balaban J connectivity index is 1.53. The Morgan fingerprint density at radius 1 is 1.20 bits per heavy atom. The number of hydrogen-bond donors (Lipinski definition) is 2. The van der Waals surface area contributed by atoms with E-state index in [1.807, 2.05) is 13.0 Å². The van der Waals surface area contributed by atoms with Gasteiger partial charge < -0.3 is 24.7 Å². The summed E-state index contributed by atoms with van der Waals surface area (Å²) in [6, 6.07) is 5.00. The van der Waals surface area contributed by atoms with Gasteiger partial charge in [0, 0.05) is 38.8 Å². The average Bonchev–Trinajstić information content (AvgIpc) is 3.19. The van der Waals surface area contributed by atoms with Crippen molar-refractivity contribution in [2.45, 2.75) is 58.5 Å². The highest BCUT2D eigenvalue weighted by atomic mass is 16.5. The van der Waals surface area contributed by atoms with Crippen LogP contribution in [0.25, 0.3) is 0 Å². The molecule has 7 heteroatoms. The lowest BCUT2D eigenvalue weighted by molar-refractivity contribution is 0.0135. The van der Waals surface area contributed by atoms with E-state index < -0.39 is 0 Å². The van der Waals surface area contributed by atoms with E-state index in [0.717, 1.165) is 75.9 Å². The van der Waals surface area contributed by atoms with Crippen LogP contribution in [0.1, 0.15) is 57.1 Å². The lowest BCUT2D eigenvalue weighted by Gasteiger charge is -2.33. The van der Waals surface area contributed by atoms with E-state index in [1.54, 1.807) is 0 Å². The molecule has 0 aromatic carbocycles. The smallest absolute Gasteiger partial charge is 0.191 e. The molecule has 2 fully saturated rings. The predicted octanol–water partition coefficient (Wildman–Crippen LogP) is 2.78. The summed E-state index contributed by atoms with van der Waals surface area (Å²) in [5, 5.41) is 6.92. The summed E-state index contributed by atoms with van der Waals surface area (Å²) in [6.07, 6.45) is 5.20. The molecule has 1 aromatic rings. The van der Waals surface area contributed by atoms with Gasteiger partial charge in [0.25, 0.3) is 0 Å². The minimum atomic E-state index is 0.146. The normalized spacial score (nSPS) is 22.8. The summed E-state index contributed by atoms with van der Waals surface area (Å²) in [6.45, 7) is 14.7. The molecule has 0 aliphatic carbocycles. The quantitative estimate of drug-likeness (QED) is 0.365. The van der Waals surface area contributed by atoms with Crippen LogP contribution in [0.5, 0.6) is 0 Å². The summed E-state index contributed by atoms with van der Waals surface area (Å²) in [4.78, 5) is 9.96. The van der Waals surface area contributed by atoms with Crippen LogP contribution in [-0.4, -0.2) is 80.8 Å². The number of guanidine groups is 1. The largest absolute Gasteiger partial charge is 0.465 e. The van der Waals surface area contributed by atoms with Gasteiger partial charge in [0.2, 0.25) is 0 Å². The van der Waals surface area contributed by atoms with Crippen LogP contribution in [0.3, 0.4) is 0 Å². The topological polar surface area (TPSA) is 65.3 Å². The molecule has 0 spiro atoms. The van der Waals surface area contributed by atoms with Crippen molar-refractivity contribution in [2.24, 2.45) is 4.99 Å². The summed E-state index contributed by atoms with van der Waals surface area (Å²) in [5.74, 6) is 2.84. The van der Waals surface area contributed by atoms with Gasteiger partial charge in [-0.1, -0.05) is 6.42 Å². The Morgan fingerprint density at radius 2 is 2.03 bits per heavy atom. The fourth-order valence-electron chi connectivity index (χ4n) is 4.41. The fraction of sp³-hybridized carbons (Fsp3) is 0.783. The van der Waals surface area contributed by atoms with Gasteiger partial charge in [-0.3, -0.25) is 9.89 Å².